The van der Waals surface area contributed by atoms with Crippen molar-refractivity contribution in [2.24, 2.45) is 4.99 Å². The number of hydrogen-bond acceptors (Lipinski definition) is 6. The number of aliphatic imine (C=N–C) groups is 1. The second kappa shape index (κ2) is 12.0. The monoisotopic (exact) mass is 548 g/mol. The van der Waals surface area contributed by atoms with Gasteiger partial charge < -0.3 is 20.2 Å². The largest absolute Gasteiger partial charge is 0.507 e. The average Bonchev–Trinajstić information content (AvgIpc) is 2.93. The fraction of sp³-hybridized carbons (Fsp3) is 0.276. The lowest BCUT2D eigenvalue weighted by atomic mass is 10.0. The number of benzene rings is 1. The van der Waals surface area contributed by atoms with Crippen LogP contribution in [0.1, 0.15) is 36.6 Å². The third-order valence-electron chi connectivity index (χ3n) is 6.63. The number of piperazine rings is 1. The molecule has 0 aliphatic carbocycles. The van der Waals surface area contributed by atoms with E-state index in [1.165, 1.54) is 18.2 Å². The summed E-state index contributed by atoms with van der Waals surface area (Å²) < 4.78 is 30.3. The van der Waals surface area contributed by atoms with Crippen LogP contribution in [0.15, 0.2) is 54.2 Å². The first-order valence-corrected chi connectivity index (χ1v) is 12.8. The number of nitrogens with one attached hydrogen (secondary N) is 1. The fourth-order valence-electron chi connectivity index (χ4n) is 4.56. The lowest BCUT2D eigenvalue weighted by molar-refractivity contribution is -0.127. The molecule has 2 aromatic heterocycles. The first-order chi connectivity index (χ1) is 19.2. The van der Waals surface area contributed by atoms with Crippen molar-refractivity contribution < 1.29 is 23.5 Å². The Morgan fingerprint density at radius 3 is 2.48 bits per heavy atom. The Kier molecular flexibility index (Phi) is 8.52. The van der Waals surface area contributed by atoms with Crippen molar-refractivity contribution in [3.63, 3.8) is 0 Å². The van der Waals surface area contributed by atoms with E-state index in [0.717, 1.165) is 23.4 Å². The van der Waals surface area contributed by atoms with E-state index in [9.17, 15) is 19.1 Å². The van der Waals surface area contributed by atoms with Crippen LogP contribution in [0.25, 0.3) is 11.3 Å². The fourth-order valence-corrected chi connectivity index (χ4v) is 4.56. The Hall–Kier alpha value is -4.67. The van der Waals surface area contributed by atoms with Crippen molar-refractivity contribution in [2.75, 3.05) is 31.5 Å². The highest BCUT2D eigenvalue weighted by Gasteiger charge is 2.28. The highest BCUT2D eigenvalue weighted by molar-refractivity contribution is 6.06. The van der Waals surface area contributed by atoms with Gasteiger partial charge in [0.2, 0.25) is 12.3 Å². The molecule has 1 fully saturated rings. The van der Waals surface area contributed by atoms with E-state index < -0.39 is 28.6 Å². The lowest BCUT2D eigenvalue weighted by Crippen LogP contribution is -2.50. The lowest BCUT2D eigenvalue weighted by Gasteiger charge is -2.36. The molecule has 1 aromatic carbocycles. The van der Waals surface area contributed by atoms with Gasteiger partial charge in [-0.2, -0.15) is 0 Å². The van der Waals surface area contributed by atoms with Gasteiger partial charge in [-0.05, 0) is 48.7 Å². The predicted molar refractivity (Wildman–Crippen MR) is 149 cm³/mol. The van der Waals surface area contributed by atoms with E-state index in [1.807, 2.05) is 31.7 Å². The molecule has 0 saturated carbocycles. The summed E-state index contributed by atoms with van der Waals surface area (Å²) in [5, 5.41) is 12.7. The first kappa shape index (κ1) is 28.3. The van der Waals surface area contributed by atoms with Crippen molar-refractivity contribution in [2.45, 2.75) is 26.7 Å². The molecule has 2 N–H and O–H groups in total. The number of carbonyl (C=O) groups is 2. The number of phenolic OH excluding ortho intramolecular Hbond substituents is 1. The number of aromatic nitrogens is 2. The number of anilines is 1. The van der Waals surface area contributed by atoms with Crippen LogP contribution in [0.5, 0.6) is 5.75 Å². The third-order valence-corrected chi connectivity index (χ3v) is 6.63. The van der Waals surface area contributed by atoms with Gasteiger partial charge in [-0.3, -0.25) is 14.6 Å². The van der Waals surface area contributed by atoms with Gasteiger partial charge in [-0.1, -0.05) is 26.5 Å². The zero-order valence-corrected chi connectivity index (χ0v) is 22.5. The number of nitrogens with zero attached hydrogens (tertiary/aromatic N) is 5. The standard InChI is InChI=1S/C29H30F2N6O3/c1-5-23(40)36-11-13-37(14-12-36)29(35-26-18(4)9-10-32-25(26)17(2)3)19-15-21(31)27(34-28(19)33-16-38)24-20(30)7-6-8-22(24)39/h5-10,15-17,39H,1,11-14H2,2-4H3,(H,33,34,38)/b35-29+. The summed E-state index contributed by atoms with van der Waals surface area (Å²) in [6, 6.07) is 6.51. The Morgan fingerprint density at radius 1 is 1.15 bits per heavy atom. The van der Waals surface area contributed by atoms with Gasteiger partial charge in [0.1, 0.15) is 28.9 Å². The third kappa shape index (κ3) is 5.68. The van der Waals surface area contributed by atoms with Crippen molar-refractivity contribution in [1.29, 1.82) is 0 Å². The highest BCUT2D eigenvalue weighted by atomic mass is 19.1. The molecule has 0 spiro atoms. The van der Waals surface area contributed by atoms with Crippen LogP contribution in [0.2, 0.25) is 0 Å². The SMILES string of the molecule is C=CC(=O)N1CCN(/C(=N/c2c(C)ccnc2C(C)C)c2cc(F)c(-c3c(O)cccc3F)nc2NC=O)CC1. The van der Waals surface area contributed by atoms with Gasteiger partial charge in [0.15, 0.2) is 5.82 Å². The summed E-state index contributed by atoms with van der Waals surface area (Å²) in [6.07, 6.45) is 3.32. The Labute approximate surface area is 230 Å². The summed E-state index contributed by atoms with van der Waals surface area (Å²) in [5.41, 5.74) is 1.40. The van der Waals surface area contributed by atoms with E-state index in [2.05, 4.69) is 21.9 Å². The van der Waals surface area contributed by atoms with Gasteiger partial charge in [0.05, 0.1) is 22.5 Å². The number of rotatable bonds is 7. The number of amides is 2. The molecular formula is C29H30F2N6O3. The molecule has 208 valence electrons. The molecule has 0 radical (unpaired) electrons. The van der Waals surface area contributed by atoms with Crippen LogP contribution >= 0.6 is 0 Å². The Bertz CT molecular complexity index is 1460. The number of hydrogen-bond donors (Lipinski definition) is 2. The topological polar surface area (TPSA) is 111 Å². The number of carbonyl (C=O) groups excluding carboxylic acids is 2. The first-order valence-electron chi connectivity index (χ1n) is 12.8. The van der Waals surface area contributed by atoms with E-state index in [4.69, 9.17) is 4.99 Å². The second-order valence-electron chi connectivity index (χ2n) is 9.58. The smallest absolute Gasteiger partial charge is 0.246 e. The molecule has 0 unspecified atom stereocenters. The molecule has 2 amide bonds. The molecule has 40 heavy (non-hydrogen) atoms. The van der Waals surface area contributed by atoms with Gasteiger partial charge >= 0.3 is 0 Å². The normalized spacial score (nSPS) is 13.9. The molecule has 3 heterocycles. The molecule has 0 atom stereocenters. The van der Waals surface area contributed by atoms with Crippen LogP contribution in [0.3, 0.4) is 0 Å². The molecule has 1 aliphatic rings. The number of halogens is 2. The van der Waals surface area contributed by atoms with Crippen molar-refractivity contribution in [1.82, 2.24) is 19.8 Å². The molecular weight excluding hydrogens is 518 g/mol. The van der Waals surface area contributed by atoms with Crippen molar-refractivity contribution in [3.8, 4) is 17.0 Å². The van der Waals surface area contributed by atoms with Gasteiger partial charge in [-0.25, -0.2) is 18.8 Å². The number of pyridine rings is 2. The summed E-state index contributed by atoms with van der Waals surface area (Å²) in [5.74, 6) is -2.26. The molecule has 1 saturated heterocycles. The van der Waals surface area contributed by atoms with E-state index in [0.29, 0.717) is 44.1 Å². The van der Waals surface area contributed by atoms with Crippen LogP contribution in [0.4, 0.5) is 20.3 Å². The molecule has 1 aliphatic heterocycles. The van der Waals surface area contributed by atoms with Crippen LogP contribution < -0.4 is 5.32 Å². The number of aryl methyl sites for hydroxylation is 1. The molecule has 11 heteroatoms. The van der Waals surface area contributed by atoms with E-state index in [1.54, 1.807) is 11.1 Å². The van der Waals surface area contributed by atoms with Crippen LogP contribution in [-0.4, -0.2) is 69.2 Å². The summed E-state index contributed by atoms with van der Waals surface area (Å²) in [7, 11) is 0. The molecule has 0 bridgehead atoms. The van der Waals surface area contributed by atoms with Gasteiger partial charge in [-0.15, -0.1) is 0 Å². The van der Waals surface area contributed by atoms with Crippen LogP contribution in [0, 0.1) is 18.6 Å². The van der Waals surface area contributed by atoms with Gasteiger partial charge in [0.25, 0.3) is 0 Å². The van der Waals surface area contributed by atoms with Crippen molar-refractivity contribution in [3.05, 3.63) is 77.6 Å². The maximum absolute atomic E-state index is 15.7. The minimum atomic E-state index is -0.924. The predicted octanol–water partition coefficient (Wildman–Crippen LogP) is 4.54. The maximum atomic E-state index is 15.7. The summed E-state index contributed by atoms with van der Waals surface area (Å²) >= 11 is 0. The minimum Gasteiger partial charge on any atom is -0.507 e. The van der Waals surface area contributed by atoms with Crippen LogP contribution in [-0.2, 0) is 9.59 Å². The van der Waals surface area contributed by atoms with E-state index >= 15 is 4.39 Å². The minimum absolute atomic E-state index is 0.0239. The summed E-state index contributed by atoms with van der Waals surface area (Å²) in [4.78, 5) is 41.0. The molecule has 4 rings (SSSR count). The second-order valence-corrected chi connectivity index (χ2v) is 9.58. The molecule has 9 nitrogen and oxygen atoms in total. The van der Waals surface area contributed by atoms with E-state index in [-0.39, 0.29) is 23.2 Å². The zero-order chi connectivity index (χ0) is 29.0. The quantitative estimate of drug-likeness (QED) is 0.194. The zero-order valence-electron chi connectivity index (χ0n) is 22.5. The number of phenols is 1. The Balaban J connectivity index is 1.93. The number of aromatic hydroxyl groups is 1. The van der Waals surface area contributed by atoms with Crippen molar-refractivity contribution >= 4 is 29.7 Å². The Morgan fingerprint density at radius 2 is 1.85 bits per heavy atom. The average molecular weight is 549 g/mol. The summed E-state index contributed by atoms with van der Waals surface area (Å²) in [6.45, 7) is 10.8. The number of amidine groups is 1. The maximum Gasteiger partial charge on any atom is 0.246 e. The van der Waals surface area contributed by atoms with Gasteiger partial charge in [0, 0.05) is 32.4 Å². The molecule has 3 aromatic rings. The highest BCUT2D eigenvalue weighted by Crippen LogP contribution is 2.35.